The molecule has 1 aliphatic rings. The summed E-state index contributed by atoms with van der Waals surface area (Å²) in [6.45, 7) is 5.25. The van der Waals surface area contributed by atoms with Crippen molar-refractivity contribution in [1.29, 1.82) is 0 Å². The Kier molecular flexibility index (Phi) is 3.54. The van der Waals surface area contributed by atoms with Gasteiger partial charge in [-0.05, 0) is 25.1 Å². The summed E-state index contributed by atoms with van der Waals surface area (Å²) >= 11 is 9.64. The Morgan fingerprint density at radius 2 is 2.33 bits per heavy atom. The van der Waals surface area contributed by atoms with Gasteiger partial charge in [0.05, 0.1) is 10.7 Å². The molecule has 1 saturated heterocycles. The van der Waals surface area contributed by atoms with E-state index in [1.54, 1.807) is 0 Å². The Morgan fingerprint density at radius 3 is 3.00 bits per heavy atom. The fourth-order valence-corrected chi connectivity index (χ4v) is 2.68. The fraction of sp³-hybridized carbons (Fsp3) is 0.455. The minimum Gasteiger partial charge on any atom is -0.368 e. The molecule has 82 valence electrons. The van der Waals surface area contributed by atoms with Gasteiger partial charge in [0.25, 0.3) is 0 Å². The summed E-state index contributed by atoms with van der Waals surface area (Å²) in [4.78, 5) is 2.33. The summed E-state index contributed by atoms with van der Waals surface area (Å²) in [5, 5.41) is 4.24. The maximum Gasteiger partial charge on any atom is 0.0650 e. The van der Waals surface area contributed by atoms with Crippen LogP contribution >= 0.6 is 27.5 Å². The molecule has 0 spiro atoms. The van der Waals surface area contributed by atoms with Crippen molar-refractivity contribution < 1.29 is 0 Å². The average Bonchev–Trinajstić information content (AvgIpc) is 2.17. The van der Waals surface area contributed by atoms with Crippen molar-refractivity contribution in [2.75, 3.05) is 24.5 Å². The summed E-state index contributed by atoms with van der Waals surface area (Å²) in [7, 11) is 0. The van der Waals surface area contributed by atoms with E-state index in [-0.39, 0.29) is 0 Å². The number of nitrogens with one attached hydrogen (secondary N) is 1. The second-order valence-electron chi connectivity index (χ2n) is 3.90. The van der Waals surface area contributed by atoms with Gasteiger partial charge in [0.15, 0.2) is 0 Å². The Bertz CT molecular complexity index is 356. The summed E-state index contributed by atoms with van der Waals surface area (Å²) in [6.07, 6.45) is 0. The van der Waals surface area contributed by atoms with E-state index in [1.807, 2.05) is 12.1 Å². The van der Waals surface area contributed by atoms with E-state index in [0.29, 0.717) is 6.04 Å². The van der Waals surface area contributed by atoms with Gasteiger partial charge in [-0.15, -0.1) is 0 Å². The van der Waals surface area contributed by atoms with Crippen molar-refractivity contribution in [3.8, 4) is 0 Å². The molecule has 2 nitrogen and oxygen atoms in total. The van der Waals surface area contributed by atoms with Crippen LogP contribution < -0.4 is 10.2 Å². The topological polar surface area (TPSA) is 15.3 Å². The van der Waals surface area contributed by atoms with Crippen molar-refractivity contribution in [3.05, 3.63) is 27.7 Å². The first kappa shape index (κ1) is 11.2. The number of hydrogen-bond acceptors (Lipinski definition) is 2. The van der Waals surface area contributed by atoms with Crippen LogP contribution in [-0.4, -0.2) is 25.7 Å². The highest BCUT2D eigenvalue weighted by molar-refractivity contribution is 9.10. The first-order valence-electron chi connectivity index (χ1n) is 5.10. The number of halogens is 2. The summed E-state index contributed by atoms with van der Waals surface area (Å²) in [5.41, 5.74) is 1.13. The number of piperazine rings is 1. The number of nitrogens with zero attached hydrogens (tertiary/aromatic N) is 1. The first-order valence-corrected chi connectivity index (χ1v) is 6.27. The van der Waals surface area contributed by atoms with Crippen LogP contribution in [-0.2, 0) is 0 Å². The highest BCUT2D eigenvalue weighted by atomic mass is 79.9. The van der Waals surface area contributed by atoms with Gasteiger partial charge in [-0.25, -0.2) is 0 Å². The molecule has 1 aliphatic heterocycles. The third-order valence-electron chi connectivity index (χ3n) is 2.62. The van der Waals surface area contributed by atoms with E-state index in [0.717, 1.165) is 34.8 Å². The lowest BCUT2D eigenvalue weighted by atomic mass is 10.2. The molecule has 1 N–H and O–H groups in total. The lowest BCUT2D eigenvalue weighted by Gasteiger charge is -2.34. The van der Waals surface area contributed by atoms with Crippen LogP contribution in [0.3, 0.4) is 0 Å². The molecule has 1 heterocycles. The van der Waals surface area contributed by atoms with E-state index in [1.165, 1.54) is 0 Å². The number of rotatable bonds is 1. The molecular weight excluding hydrogens is 275 g/mol. The fourth-order valence-electron chi connectivity index (χ4n) is 1.89. The molecule has 0 saturated carbocycles. The minimum atomic E-state index is 0.526. The second-order valence-corrected chi connectivity index (χ2v) is 5.22. The van der Waals surface area contributed by atoms with Gasteiger partial charge in [-0.3, -0.25) is 0 Å². The van der Waals surface area contributed by atoms with Crippen molar-refractivity contribution in [2.45, 2.75) is 13.0 Å². The van der Waals surface area contributed by atoms with E-state index >= 15 is 0 Å². The molecule has 2 rings (SSSR count). The van der Waals surface area contributed by atoms with Crippen molar-refractivity contribution in [3.63, 3.8) is 0 Å². The van der Waals surface area contributed by atoms with Crippen molar-refractivity contribution >= 4 is 33.2 Å². The molecule has 1 unspecified atom stereocenters. The second kappa shape index (κ2) is 4.73. The SMILES string of the molecule is CC1CN(c2ccc(Br)cc2Cl)CCN1. The summed E-state index contributed by atoms with van der Waals surface area (Å²) in [6, 6.07) is 6.58. The lowest BCUT2D eigenvalue weighted by Crippen LogP contribution is -2.49. The smallest absolute Gasteiger partial charge is 0.0650 e. The molecule has 4 heteroatoms. The Labute approximate surface area is 104 Å². The summed E-state index contributed by atoms with van der Waals surface area (Å²) in [5.74, 6) is 0. The minimum absolute atomic E-state index is 0.526. The molecule has 1 fully saturated rings. The number of anilines is 1. The van der Waals surface area contributed by atoms with E-state index in [4.69, 9.17) is 11.6 Å². The highest BCUT2D eigenvalue weighted by Gasteiger charge is 2.17. The predicted molar refractivity (Wildman–Crippen MR) is 68.8 cm³/mol. The van der Waals surface area contributed by atoms with Crippen LogP contribution in [0.25, 0.3) is 0 Å². The van der Waals surface area contributed by atoms with Crippen molar-refractivity contribution in [1.82, 2.24) is 5.32 Å². The molecule has 1 aromatic rings. The summed E-state index contributed by atoms with van der Waals surface area (Å²) < 4.78 is 1.03. The first-order chi connectivity index (χ1) is 7.16. The predicted octanol–water partition coefficient (Wildman–Crippen LogP) is 2.90. The highest BCUT2D eigenvalue weighted by Crippen LogP contribution is 2.29. The monoisotopic (exact) mass is 288 g/mol. The molecule has 1 aromatic carbocycles. The molecule has 0 bridgehead atoms. The number of hydrogen-bond donors (Lipinski definition) is 1. The molecule has 0 aliphatic carbocycles. The number of benzene rings is 1. The van der Waals surface area contributed by atoms with Crippen LogP contribution in [0.4, 0.5) is 5.69 Å². The zero-order valence-electron chi connectivity index (χ0n) is 8.63. The van der Waals surface area contributed by atoms with Gasteiger partial charge in [0.1, 0.15) is 0 Å². The van der Waals surface area contributed by atoms with Crippen LogP contribution in [0.1, 0.15) is 6.92 Å². The Hall–Kier alpha value is -0.250. The van der Waals surface area contributed by atoms with E-state index in [9.17, 15) is 0 Å². The maximum atomic E-state index is 6.22. The third kappa shape index (κ3) is 2.65. The molecular formula is C11H14BrClN2. The van der Waals surface area contributed by atoms with Crippen LogP contribution in [0.15, 0.2) is 22.7 Å². The average molecular weight is 290 g/mol. The van der Waals surface area contributed by atoms with Gasteiger partial charge in [-0.1, -0.05) is 27.5 Å². The van der Waals surface area contributed by atoms with E-state index in [2.05, 4.69) is 39.1 Å². The molecule has 0 radical (unpaired) electrons. The van der Waals surface area contributed by atoms with Gasteiger partial charge >= 0.3 is 0 Å². The maximum absolute atomic E-state index is 6.22. The lowest BCUT2D eigenvalue weighted by molar-refractivity contribution is 0.485. The zero-order chi connectivity index (χ0) is 10.8. The van der Waals surface area contributed by atoms with Gasteiger partial charge in [-0.2, -0.15) is 0 Å². The normalized spacial score (nSPS) is 21.8. The molecule has 1 atom stereocenters. The molecule has 0 amide bonds. The van der Waals surface area contributed by atoms with Crippen LogP contribution in [0.2, 0.25) is 5.02 Å². The quantitative estimate of drug-likeness (QED) is 0.855. The van der Waals surface area contributed by atoms with Gasteiger partial charge in [0, 0.05) is 30.1 Å². The van der Waals surface area contributed by atoms with Crippen molar-refractivity contribution in [2.24, 2.45) is 0 Å². The van der Waals surface area contributed by atoms with E-state index < -0.39 is 0 Å². The van der Waals surface area contributed by atoms with Crippen LogP contribution in [0.5, 0.6) is 0 Å². The van der Waals surface area contributed by atoms with Gasteiger partial charge in [0.2, 0.25) is 0 Å². The van der Waals surface area contributed by atoms with Crippen LogP contribution in [0, 0.1) is 0 Å². The molecule has 0 aromatic heterocycles. The standard InChI is InChI=1S/C11H14BrClN2/c1-8-7-15(5-4-14-8)11-3-2-9(12)6-10(11)13/h2-3,6,8,14H,4-5,7H2,1H3. The van der Waals surface area contributed by atoms with Gasteiger partial charge < -0.3 is 10.2 Å². The largest absolute Gasteiger partial charge is 0.368 e. The Balaban J connectivity index is 2.21. The molecule has 15 heavy (non-hydrogen) atoms. The zero-order valence-corrected chi connectivity index (χ0v) is 11.0. The Morgan fingerprint density at radius 1 is 1.53 bits per heavy atom. The third-order valence-corrected chi connectivity index (χ3v) is 3.42.